The zero-order chi connectivity index (χ0) is 12.7. The standard InChI is InChI=1S/C14H21NO3/c16-12-8-3-1-2-7-11(12)15-13(17)9-5-4-6-10(9)14(15)18/h9-12,16H,1-8H2. The summed E-state index contributed by atoms with van der Waals surface area (Å²) in [7, 11) is 0. The summed E-state index contributed by atoms with van der Waals surface area (Å²) in [6.07, 6.45) is 6.79. The Bertz CT molecular complexity index is 346. The van der Waals surface area contributed by atoms with Crippen molar-refractivity contribution in [2.24, 2.45) is 11.8 Å². The summed E-state index contributed by atoms with van der Waals surface area (Å²) in [6, 6.07) is -0.252. The fraction of sp³-hybridized carbons (Fsp3) is 0.857. The number of carbonyl (C=O) groups is 2. The van der Waals surface area contributed by atoms with Gasteiger partial charge >= 0.3 is 0 Å². The number of aliphatic hydroxyl groups is 1. The Morgan fingerprint density at radius 3 is 2.11 bits per heavy atom. The predicted molar refractivity (Wildman–Crippen MR) is 65.6 cm³/mol. The normalized spacial score (nSPS) is 41.1. The minimum absolute atomic E-state index is 0.00606. The van der Waals surface area contributed by atoms with Crippen LogP contribution in [-0.4, -0.2) is 34.0 Å². The van der Waals surface area contributed by atoms with Gasteiger partial charge in [0.05, 0.1) is 24.0 Å². The van der Waals surface area contributed by atoms with Crippen molar-refractivity contribution in [1.29, 1.82) is 0 Å². The van der Waals surface area contributed by atoms with E-state index < -0.39 is 6.10 Å². The highest BCUT2D eigenvalue weighted by Gasteiger charge is 2.52. The third-order valence-electron chi connectivity index (χ3n) is 4.90. The minimum atomic E-state index is -0.515. The second-order valence-electron chi connectivity index (χ2n) is 5.96. The van der Waals surface area contributed by atoms with Gasteiger partial charge in [-0.1, -0.05) is 25.7 Å². The monoisotopic (exact) mass is 251 g/mol. The highest BCUT2D eigenvalue weighted by atomic mass is 16.3. The first kappa shape index (κ1) is 12.2. The number of amides is 2. The number of fused-ring (bicyclic) bond motifs is 1. The van der Waals surface area contributed by atoms with Gasteiger partial charge in [-0.25, -0.2) is 0 Å². The molecule has 4 nitrogen and oxygen atoms in total. The minimum Gasteiger partial charge on any atom is -0.391 e. The van der Waals surface area contributed by atoms with Crippen molar-refractivity contribution in [1.82, 2.24) is 4.90 Å². The van der Waals surface area contributed by atoms with E-state index in [0.29, 0.717) is 0 Å². The molecule has 4 unspecified atom stereocenters. The molecule has 2 amide bonds. The molecule has 2 aliphatic carbocycles. The van der Waals surface area contributed by atoms with Crippen molar-refractivity contribution < 1.29 is 14.7 Å². The summed E-state index contributed by atoms with van der Waals surface area (Å²) >= 11 is 0. The molecule has 0 spiro atoms. The number of rotatable bonds is 1. The maximum atomic E-state index is 12.3. The number of imide groups is 1. The molecule has 0 bridgehead atoms. The van der Waals surface area contributed by atoms with Crippen molar-refractivity contribution in [2.75, 3.05) is 0 Å². The SMILES string of the molecule is O=C1C2CCCC2C(=O)N1C1CCCCCC1O. The number of carbonyl (C=O) groups excluding carboxylic acids is 2. The summed E-state index contributed by atoms with van der Waals surface area (Å²) in [6.45, 7) is 0. The Kier molecular flexibility index (Phi) is 3.14. The molecule has 0 aromatic rings. The number of likely N-dealkylation sites (tertiary alicyclic amines) is 1. The maximum absolute atomic E-state index is 12.3. The molecule has 100 valence electrons. The van der Waals surface area contributed by atoms with E-state index in [9.17, 15) is 14.7 Å². The van der Waals surface area contributed by atoms with Crippen LogP contribution in [0.5, 0.6) is 0 Å². The molecule has 1 saturated heterocycles. The second kappa shape index (κ2) is 4.65. The van der Waals surface area contributed by atoms with Crippen LogP contribution in [0.4, 0.5) is 0 Å². The van der Waals surface area contributed by atoms with Gasteiger partial charge in [0.2, 0.25) is 11.8 Å². The Morgan fingerprint density at radius 2 is 1.44 bits per heavy atom. The van der Waals surface area contributed by atoms with Crippen LogP contribution < -0.4 is 0 Å². The van der Waals surface area contributed by atoms with Gasteiger partial charge in [-0.2, -0.15) is 0 Å². The first-order valence-electron chi connectivity index (χ1n) is 7.25. The lowest BCUT2D eigenvalue weighted by Crippen LogP contribution is -2.47. The van der Waals surface area contributed by atoms with E-state index in [1.165, 1.54) is 4.90 Å². The lowest BCUT2D eigenvalue weighted by atomic mass is 10.00. The summed E-state index contributed by atoms with van der Waals surface area (Å²) < 4.78 is 0. The van der Waals surface area contributed by atoms with Crippen LogP contribution in [0.25, 0.3) is 0 Å². The largest absolute Gasteiger partial charge is 0.391 e. The first-order chi connectivity index (χ1) is 8.70. The van der Waals surface area contributed by atoms with Gasteiger partial charge in [0, 0.05) is 0 Å². The Hall–Kier alpha value is -0.900. The predicted octanol–water partition coefficient (Wildman–Crippen LogP) is 1.47. The van der Waals surface area contributed by atoms with Crippen LogP contribution in [0.1, 0.15) is 51.4 Å². The van der Waals surface area contributed by atoms with Gasteiger partial charge in [0.25, 0.3) is 0 Å². The molecular formula is C14H21NO3. The average molecular weight is 251 g/mol. The lowest BCUT2D eigenvalue weighted by Gasteiger charge is -2.29. The zero-order valence-corrected chi connectivity index (χ0v) is 10.7. The fourth-order valence-electron chi connectivity index (χ4n) is 3.91. The number of aliphatic hydroxyl groups excluding tert-OH is 1. The molecule has 1 N–H and O–H groups in total. The Morgan fingerprint density at radius 1 is 0.833 bits per heavy atom. The van der Waals surface area contributed by atoms with E-state index in [4.69, 9.17) is 0 Å². The topological polar surface area (TPSA) is 57.6 Å². The number of hydrogen-bond donors (Lipinski definition) is 1. The number of hydrogen-bond acceptors (Lipinski definition) is 3. The van der Waals surface area contributed by atoms with Crippen molar-refractivity contribution in [3.8, 4) is 0 Å². The Labute approximate surface area is 107 Å². The van der Waals surface area contributed by atoms with Crippen molar-refractivity contribution in [2.45, 2.75) is 63.5 Å². The van der Waals surface area contributed by atoms with Crippen molar-refractivity contribution >= 4 is 11.8 Å². The molecule has 0 aromatic carbocycles. The highest BCUT2D eigenvalue weighted by molar-refractivity contribution is 6.05. The van der Waals surface area contributed by atoms with E-state index in [1.807, 2.05) is 0 Å². The summed E-state index contributed by atoms with van der Waals surface area (Å²) in [4.78, 5) is 26.1. The van der Waals surface area contributed by atoms with E-state index in [0.717, 1.165) is 51.4 Å². The van der Waals surface area contributed by atoms with Crippen LogP contribution in [0.3, 0.4) is 0 Å². The summed E-state index contributed by atoms with van der Waals surface area (Å²) in [5, 5.41) is 10.2. The van der Waals surface area contributed by atoms with Crippen LogP contribution in [-0.2, 0) is 9.59 Å². The third-order valence-corrected chi connectivity index (χ3v) is 4.90. The smallest absolute Gasteiger partial charge is 0.233 e. The van der Waals surface area contributed by atoms with E-state index in [1.54, 1.807) is 0 Å². The average Bonchev–Trinajstić information content (AvgIpc) is 2.84. The highest BCUT2D eigenvalue weighted by Crippen LogP contribution is 2.41. The second-order valence-corrected chi connectivity index (χ2v) is 5.96. The third kappa shape index (κ3) is 1.78. The lowest BCUT2D eigenvalue weighted by molar-refractivity contribution is -0.146. The van der Waals surface area contributed by atoms with Gasteiger partial charge in [-0.3, -0.25) is 14.5 Å². The van der Waals surface area contributed by atoms with Gasteiger partial charge in [0.1, 0.15) is 0 Å². The van der Waals surface area contributed by atoms with Crippen molar-refractivity contribution in [3.63, 3.8) is 0 Å². The molecular weight excluding hydrogens is 230 g/mol. The maximum Gasteiger partial charge on any atom is 0.233 e. The first-order valence-corrected chi connectivity index (χ1v) is 7.25. The van der Waals surface area contributed by atoms with Gasteiger partial charge in [-0.15, -0.1) is 0 Å². The fourth-order valence-corrected chi connectivity index (χ4v) is 3.91. The molecule has 18 heavy (non-hydrogen) atoms. The Balaban J connectivity index is 1.82. The molecule has 4 atom stereocenters. The number of nitrogens with zero attached hydrogens (tertiary/aromatic N) is 1. The van der Waals surface area contributed by atoms with Crippen molar-refractivity contribution in [3.05, 3.63) is 0 Å². The van der Waals surface area contributed by atoms with Crippen LogP contribution >= 0.6 is 0 Å². The quantitative estimate of drug-likeness (QED) is 0.567. The summed E-state index contributed by atoms with van der Waals surface area (Å²) in [5.74, 6) is -0.164. The zero-order valence-electron chi connectivity index (χ0n) is 10.7. The molecule has 2 saturated carbocycles. The van der Waals surface area contributed by atoms with Crippen LogP contribution in [0.15, 0.2) is 0 Å². The van der Waals surface area contributed by atoms with Crippen LogP contribution in [0.2, 0.25) is 0 Å². The van der Waals surface area contributed by atoms with E-state index >= 15 is 0 Å². The molecule has 3 fully saturated rings. The molecule has 4 heteroatoms. The van der Waals surface area contributed by atoms with E-state index in [2.05, 4.69) is 0 Å². The van der Waals surface area contributed by atoms with Gasteiger partial charge < -0.3 is 5.11 Å². The van der Waals surface area contributed by atoms with Crippen LogP contribution in [0, 0.1) is 11.8 Å². The molecule has 1 heterocycles. The van der Waals surface area contributed by atoms with E-state index in [-0.39, 0.29) is 29.7 Å². The summed E-state index contributed by atoms with van der Waals surface area (Å²) in [5.41, 5.74) is 0. The molecule has 3 aliphatic rings. The van der Waals surface area contributed by atoms with Gasteiger partial charge in [-0.05, 0) is 25.7 Å². The molecule has 3 rings (SSSR count). The molecule has 0 aromatic heterocycles. The molecule has 1 aliphatic heterocycles. The molecule has 0 radical (unpaired) electrons. The van der Waals surface area contributed by atoms with Gasteiger partial charge in [0.15, 0.2) is 0 Å².